The first-order valence-corrected chi connectivity index (χ1v) is 6.56. The number of nitriles is 1. The van der Waals surface area contributed by atoms with Crippen LogP contribution in [0.3, 0.4) is 0 Å². The third-order valence-corrected chi connectivity index (χ3v) is 3.91. The van der Waals surface area contributed by atoms with E-state index >= 15 is 0 Å². The minimum Gasteiger partial charge on any atom is -0.345 e. The van der Waals surface area contributed by atoms with Crippen LogP contribution in [0.4, 0.5) is 0 Å². The van der Waals surface area contributed by atoms with Gasteiger partial charge in [0.1, 0.15) is 0 Å². The maximum absolute atomic E-state index is 11.8. The van der Waals surface area contributed by atoms with Crippen molar-refractivity contribution < 1.29 is 4.79 Å². The molecule has 1 heterocycles. The summed E-state index contributed by atoms with van der Waals surface area (Å²) < 4.78 is 1.63. The van der Waals surface area contributed by atoms with Crippen molar-refractivity contribution in [3.63, 3.8) is 0 Å². The van der Waals surface area contributed by atoms with Gasteiger partial charge >= 0.3 is 4.87 Å². The van der Waals surface area contributed by atoms with E-state index in [9.17, 15) is 9.59 Å². The summed E-state index contributed by atoms with van der Waals surface area (Å²) in [5, 5.41) is 8.45. The molecule has 5 nitrogen and oxygen atoms in total. The number of aryl methyl sites for hydroxylation is 1. The molecule has 0 fully saturated rings. The van der Waals surface area contributed by atoms with Crippen LogP contribution in [0.1, 0.15) is 23.4 Å². The highest BCUT2D eigenvalue weighted by Gasteiger charge is 2.12. The third-order valence-electron chi connectivity index (χ3n) is 2.91. The average Bonchev–Trinajstić information content (AvgIpc) is 2.58. The van der Waals surface area contributed by atoms with Crippen LogP contribution in [-0.2, 0) is 11.3 Å². The number of rotatable bonds is 5. The molecule has 0 aliphatic heterocycles. The van der Waals surface area contributed by atoms with Crippen molar-refractivity contribution in [1.29, 1.82) is 5.26 Å². The molecule has 0 spiro atoms. The number of hydrogen-bond donors (Lipinski definition) is 0. The second kappa shape index (κ2) is 6.36. The van der Waals surface area contributed by atoms with Crippen LogP contribution in [-0.4, -0.2) is 29.0 Å². The predicted octanol–water partition coefficient (Wildman–Crippen LogP) is 1.29. The SMILES string of the molecule is Cc1sc(=O)n(CCC(=O)N(C)CCC#N)c1C. The molecule has 0 atom stereocenters. The Balaban J connectivity index is 2.58. The Morgan fingerprint density at radius 2 is 2.17 bits per heavy atom. The summed E-state index contributed by atoms with van der Waals surface area (Å²) in [4.78, 5) is 25.9. The van der Waals surface area contributed by atoms with Crippen molar-refractivity contribution in [3.8, 4) is 6.07 Å². The molecule has 0 saturated heterocycles. The van der Waals surface area contributed by atoms with Gasteiger partial charge in [-0.1, -0.05) is 11.3 Å². The van der Waals surface area contributed by atoms with Crippen LogP contribution < -0.4 is 4.87 Å². The normalized spacial score (nSPS) is 10.1. The summed E-state index contributed by atoms with van der Waals surface area (Å²) in [6, 6.07) is 2.00. The standard InChI is InChI=1S/C12H17N3O2S/c1-9-10(2)18-12(17)15(9)8-5-11(16)14(3)7-4-6-13/h4-5,7-8H2,1-3H3. The van der Waals surface area contributed by atoms with Crippen LogP contribution in [0.2, 0.25) is 0 Å². The minimum atomic E-state index is -0.0413. The van der Waals surface area contributed by atoms with Gasteiger partial charge in [-0.05, 0) is 13.8 Å². The molecule has 0 unspecified atom stereocenters. The Hall–Kier alpha value is -1.61. The summed E-state index contributed by atoms with van der Waals surface area (Å²) in [5.74, 6) is -0.0413. The van der Waals surface area contributed by atoms with Crippen LogP contribution in [0, 0.1) is 25.2 Å². The van der Waals surface area contributed by atoms with E-state index in [0.717, 1.165) is 10.6 Å². The third kappa shape index (κ3) is 3.44. The van der Waals surface area contributed by atoms with Gasteiger partial charge in [0.05, 0.1) is 12.5 Å². The highest BCUT2D eigenvalue weighted by atomic mass is 32.1. The van der Waals surface area contributed by atoms with E-state index in [0.29, 0.717) is 25.9 Å². The molecule has 0 bridgehead atoms. The van der Waals surface area contributed by atoms with Gasteiger partial charge in [-0.3, -0.25) is 9.59 Å². The van der Waals surface area contributed by atoms with Crippen molar-refractivity contribution in [2.75, 3.05) is 13.6 Å². The monoisotopic (exact) mass is 267 g/mol. The molecule has 0 saturated carbocycles. The molecule has 1 aromatic heterocycles. The van der Waals surface area contributed by atoms with Crippen molar-refractivity contribution in [2.24, 2.45) is 0 Å². The van der Waals surface area contributed by atoms with E-state index in [2.05, 4.69) is 0 Å². The molecular weight excluding hydrogens is 250 g/mol. The predicted molar refractivity (Wildman–Crippen MR) is 70.5 cm³/mol. The van der Waals surface area contributed by atoms with Gasteiger partial charge < -0.3 is 9.47 Å². The number of thiazole rings is 1. The smallest absolute Gasteiger partial charge is 0.307 e. The molecule has 0 aliphatic carbocycles. The Kier molecular flexibility index (Phi) is 5.10. The zero-order valence-corrected chi connectivity index (χ0v) is 11.7. The molecule has 1 aromatic rings. The molecule has 0 N–H and O–H groups in total. The molecule has 1 rings (SSSR count). The summed E-state index contributed by atoms with van der Waals surface area (Å²) in [5.41, 5.74) is 0.928. The summed E-state index contributed by atoms with van der Waals surface area (Å²) >= 11 is 1.21. The lowest BCUT2D eigenvalue weighted by atomic mass is 10.3. The van der Waals surface area contributed by atoms with E-state index in [-0.39, 0.29) is 10.8 Å². The molecule has 1 amide bonds. The van der Waals surface area contributed by atoms with Gasteiger partial charge in [-0.2, -0.15) is 5.26 Å². The van der Waals surface area contributed by atoms with Crippen LogP contribution >= 0.6 is 11.3 Å². The Bertz CT molecular complexity index is 524. The Morgan fingerprint density at radius 3 is 2.67 bits per heavy atom. The highest BCUT2D eigenvalue weighted by molar-refractivity contribution is 7.09. The molecule has 0 radical (unpaired) electrons. The van der Waals surface area contributed by atoms with Gasteiger partial charge in [0.15, 0.2) is 0 Å². The van der Waals surface area contributed by atoms with E-state index in [1.165, 1.54) is 16.2 Å². The maximum atomic E-state index is 11.8. The highest BCUT2D eigenvalue weighted by Crippen LogP contribution is 2.10. The summed E-state index contributed by atoms with van der Waals surface area (Å²) in [6.07, 6.45) is 0.623. The van der Waals surface area contributed by atoms with E-state index in [4.69, 9.17) is 5.26 Å². The molecule has 0 aliphatic rings. The van der Waals surface area contributed by atoms with Crippen LogP contribution in [0.15, 0.2) is 4.79 Å². The lowest BCUT2D eigenvalue weighted by Crippen LogP contribution is -2.29. The maximum Gasteiger partial charge on any atom is 0.307 e. The van der Waals surface area contributed by atoms with Gasteiger partial charge in [-0.15, -0.1) is 0 Å². The van der Waals surface area contributed by atoms with Crippen molar-refractivity contribution in [3.05, 3.63) is 20.2 Å². The van der Waals surface area contributed by atoms with Gasteiger partial charge in [0, 0.05) is 37.1 Å². The number of carbonyl (C=O) groups excluding carboxylic acids is 1. The van der Waals surface area contributed by atoms with Gasteiger partial charge in [0.25, 0.3) is 0 Å². The summed E-state index contributed by atoms with van der Waals surface area (Å²) in [7, 11) is 1.67. The average molecular weight is 267 g/mol. The van der Waals surface area contributed by atoms with Crippen LogP contribution in [0.25, 0.3) is 0 Å². The Labute approximate surface area is 110 Å². The van der Waals surface area contributed by atoms with Gasteiger partial charge in [-0.25, -0.2) is 0 Å². The zero-order valence-electron chi connectivity index (χ0n) is 10.9. The second-order valence-corrected chi connectivity index (χ2v) is 5.30. The number of aromatic nitrogens is 1. The van der Waals surface area contributed by atoms with Crippen molar-refractivity contribution in [1.82, 2.24) is 9.47 Å². The lowest BCUT2D eigenvalue weighted by Gasteiger charge is -2.15. The van der Waals surface area contributed by atoms with E-state index < -0.39 is 0 Å². The molecular formula is C12H17N3O2S. The number of amides is 1. The first-order chi connectivity index (χ1) is 8.47. The molecule has 18 heavy (non-hydrogen) atoms. The van der Waals surface area contributed by atoms with Gasteiger partial charge in [0.2, 0.25) is 5.91 Å². The Morgan fingerprint density at radius 1 is 1.50 bits per heavy atom. The molecule has 6 heteroatoms. The fraction of sp³-hybridized carbons (Fsp3) is 0.583. The number of hydrogen-bond acceptors (Lipinski definition) is 4. The quantitative estimate of drug-likeness (QED) is 0.807. The van der Waals surface area contributed by atoms with Crippen molar-refractivity contribution in [2.45, 2.75) is 33.2 Å². The lowest BCUT2D eigenvalue weighted by molar-refractivity contribution is -0.130. The topological polar surface area (TPSA) is 66.1 Å². The van der Waals surface area contributed by atoms with E-state index in [1.807, 2.05) is 19.9 Å². The van der Waals surface area contributed by atoms with Crippen LogP contribution in [0.5, 0.6) is 0 Å². The fourth-order valence-electron chi connectivity index (χ4n) is 1.59. The summed E-state index contributed by atoms with van der Waals surface area (Å²) in [6.45, 7) is 4.63. The minimum absolute atomic E-state index is 0.0162. The number of carbonyl (C=O) groups is 1. The van der Waals surface area contributed by atoms with Crippen molar-refractivity contribution >= 4 is 17.2 Å². The number of nitrogens with zero attached hydrogens (tertiary/aromatic N) is 3. The molecule has 0 aromatic carbocycles. The second-order valence-electron chi connectivity index (χ2n) is 4.13. The largest absolute Gasteiger partial charge is 0.345 e. The zero-order chi connectivity index (χ0) is 13.7. The first kappa shape index (κ1) is 14.5. The first-order valence-electron chi connectivity index (χ1n) is 5.75. The molecule has 98 valence electrons. The fourth-order valence-corrected chi connectivity index (χ4v) is 2.44. The van der Waals surface area contributed by atoms with E-state index in [1.54, 1.807) is 11.6 Å².